The molecule has 0 aliphatic heterocycles. The number of hydrogen-bond donors (Lipinski definition) is 1. The monoisotopic (exact) mass is 184 g/mol. The van der Waals surface area contributed by atoms with E-state index in [2.05, 4.69) is 18.8 Å². The first-order chi connectivity index (χ1) is 5.97. The summed E-state index contributed by atoms with van der Waals surface area (Å²) < 4.78 is 5.44. The van der Waals surface area contributed by atoms with Crippen molar-refractivity contribution in [2.45, 2.75) is 33.8 Å². The molecule has 0 aromatic rings. The van der Waals surface area contributed by atoms with Crippen molar-refractivity contribution in [2.75, 3.05) is 7.05 Å². The highest BCUT2D eigenvalue weighted by Crippen LogP contribution is 2.07. The minimum atomic E-state index is 0.140. The van der Waals surface area contributed by atoms with Gasteiger partial charge in [0.25, 0.3) is 0 Å². The summed E-state index contributed by atoms with van der Waals surface area (Å²) in [6.07, 6.45) is 1.87. The Kier molecular flexibility index (Phi) is 5.19. The number of rotatable bonds is 4. The highest BCUT2D eigenvalue weighted by molar-refractivity contribution is 5.92. The van der Waals surface area contributed by atoms with Crippen molar-refractivity contribution in [1.82, 2.24) is 0 Å². The largest absolute Gasteiger partial charge is 0.476 e. The molecule has 0 spiro atoms. The van der Waals surface area contributed by atoms with Crippen LogP contribution in [0, 0.1) is 5.92 Å². The van der Waals surface area contributed by atoms with Crippen LogP contribution >= 0.6 is 0 Å². The summed E-state index contributed by atoms with van der Waals surface area (Å²) >= 11 is 0. The molecule has 0 radical (unpaired) electrons. The first-order valence-electron chi connectivity index (χ1n) is 4.54. The molecule has 3 nitrogen and oxygen atoms in total. The van der Waals surface area contributed by atoms with Crippen LogP contribution in [0.25, 0.3) is 0 Å². The van der Waals surface area contributed by atoms with E-state index in [-0.39, 0.29) is 6.10 Å². The number of aliphatic imine (C=N–C) groups is 1. The molecule has 0 aromatic heterocycles. The van der Waals surface area contributed by atoms with Crippen LogP contribution in [-0.4, -0.2) is 18.9 Å². The third-order valence-electron chi connectivity index (χ3n) is 1.96. The van der Waals surface area contributed by atoms with Gasteiger partial charge < -0.3 is 10.5 Å². The maximum Gasteiger partial charge on any atom is 0.186 e. The lowest BCUT2D eigenvalue weighted by atomic mass is 10.1. The van der Waals surface area contributed by atoms with Gasteiger partial charge in [0.05, 0.1) is 6.10 Å². The van der Waals surface area contributed by atoms with Gasteiger partial charge in [-0.2, -0.15) is 0 Å². The fourth-order valence-electron chi connectivity index (χ4n) is 0.655. The molecule has 0 aliphatic rings. The second-order valence-electron chi connectivity index (χ2n) is 3.48. The molecule has 0 saturated carbocycles. The van der Waals surface area contributed by atoms with Gasteiger partial charge in [-0.1, -0.05) is 13.8 Å². The van der Waals surface area contributed by atoms with Crippen LogP contribution in [0.1, 0.15) is 27.7 Å². The van der Waals surface area contributed by atoms with Crippen LogP contribution in [-0.2, 0) is 4.74 Å². The Balaban J connectivity index is 4.14. The van der Waals surface area contributed by atoms with E-state index in [0.29, 0.717) is 11.8 Å². The molecule has 76 valence electrons. The zero-order valence-electron chi connectivity index (χ0n) is 9.16. The number of nitrogens with zero attached hydrogens (tertiary/aromatic N) is 1. The zero-order chi connectivity index (χ0) is 10.4. The Morgan fingerprint density at radius 1 is 1.38 bits per heavy atom. The Morgan fingerprint density at radius 3 is 2.31 bits per heavy atom. The Hall–Kier alpha value is -0.990. The van der Waals surface area contributed by atoms with Gasteiger partial charge >= 0.3 is 0 Å². The summed E-state index contributed by atoms with van der Waals surface area (Å²) in [5, 5.41) is 0. The molecule has 0 amide bonds. The highest BCUT2D eigenvalue weighted by atomic mass is 16.5. The van der Waals surface area contributed by atoms with Crippen LogP contribution in [0.5, 0.6) is 0 Å². The normalized spacial score (nSPS) is 16.2. The average Bonchev–Trinajstić information content (AvgIpc) is 2.03. The van der Waals surface area contributed by atoms with E-state index in [1.54, 1.807) is 13.1 Å². The topological polar surface area (TPSA) is 47.6 Å². The van der Waals surface area contributed by atoms with Gasteiger partial charge in [-0.15, -0.1) is 0 Å². The quantitative estimate of drug-likeness (QED) is 0.536. The van der Waals surface area contributed by atoms with Crippen molar-refractivity contribution in [3.63, 3.8) is 0 Å². The van der Waals surface area contributed by atoms with Crippen LogP contribution in [0.3, 0.4) is 0 Å². The van der Waals surface area contributed by atoms with Crippen molar-refractivity contribution in [1.29, 1.82) is 0 Å². The third-order valence-corrected chi connectivity index (χ3v) is 1.96. The lowest BCUT2D eigenvalue weighted by Crippen LogP contribution is -2.19. The third kappa shape index (κ3) is 5.28. The van der Waals surface area contributed by atoms with E-state index in [1.807, 2.05) is 13.8 Å². The Bertz CT molecular complexity index is 207. The van der Waals surface area contributed by atoms with Crippen molar-refractivity contribution < 1.29 is 4.74 Å². The molecule has 0 saturated heterocycles. The molecule has 0 unspecified atom stereocenters. The fourth-order valence-corrected chi connectivity index (χ4v) is 0.655. The summed E-state index contributed by atoms with van der Waals surface area (Å²) in [5.74, 6) is 0.898. The van der Waals surface area contributed by atoms with Crippen molar-refractivity contribution >= 4 is 5.71 Å². The lowest BCUT2D eigenvalue weighted by Gasteiger charge is -2.17. The molecule has 0 rings (SSSR count). The number of nitrogens with two attached hydrogens (primary N) is 1. The van der Waals surface area contributed by atoms with Gasteiger partial charge in [0.2, 0.25) is 0 Å². The molecule has 13 heavy (non-hydrogen) atoms. The van der Waals surface area contributed by atoms with Gasteiger partial charge in [-0.05, 0) is 19.8 Å². The Labute approximate surface area is 80.7 Å². The van der Waals surface area contributed by atoms with Gasteiger partial charge in [-0.25, -0.2) is 0 Å². The minimum Gasteiger partial charge on any atom is -0.476 e. The molecule has 1 atom stereocenters. The second-order valence-corrected chi connectivity index (χ2v) is 3.48. The van der Waals surface area contributed by atoms with Crippen LogP contribution in [0.4, 0.5) is 0 Å². The molecule has 0 aromatic carbocycles. The second kappa shape index (κ2) is 5.62. The van der Waals surface area contributed by atoms with E-state index in [1.165, 1.54) is 0 Å². The van der Waals surface area contributed by atoms with E-state index in [0.717, 1.165) is 5.71 Å². The van der Waals surface area contributed by atoms with Crippen LogP contribution < -0.4 is 5.73 Å². The van der Waals surface area contributed by atoms with Crippen molar-refractivity contribution in [3.8, 4) is 0 Å². The average molecular weight is 184 g/mol. The minimum absolute atomic E-state index is 0.140. The molecular formula is C10H20N2O. The predicted octanol–water partition coefficient (Wildman–Crippen LogP) is 1.94. The molecule has 0 aliphatic carbocycles. The SMILES string of the molecule is CN=C(C)C=C(N)O[C@@H](C)C(C)C. The number of allylic oxidation sites excluding steroid dienone is 1. The van der Waals surface area contributed by atoms with Crippen LogP contribution in [0.15, 0.2) is 17.0 Å². The zero-order valence-corrected chi connectivity index (χ0v) is 9.16. The van der Waals surface area contributed by atoms with E-state index in [9.17, 15) is 0 Å². The first-order valence-corrected chi connectivity index (χ1v) is 4.54. The van der Waals surface area contributed by atoms with Gasteiger partial charge in [0, 0.05) is 18.8 Å². The van der Waals surface area contributed by atoms with E-state index < -0.39 is 0 Å². The van der Waals surface area contributed by atoms with Crippen molar-refractivity contribution in [3.05, 3.63) is 12.0 Å². The Morgan fingerprint density at radius 2 is 1.92 bits per heavy atom. The number of hydrogen-bond acceptors (Lipinski definition) is 3. The standard InChI is InChI=1S/C10H20N2O/c1-7(2)9(4)13-10(11)6-8(3)12-5/h6-7,9H,11H2,1-5H3/t9-/m0/s1. The van der Waals surface area contributed by atoms with Gasteiger partial charge in [0.1, 0.15) is 0 Å². The maximum absolute atomic E-state index is 5.65. The predicted molar refractivity (Wildman–Crippen MR) is 56.7 cm³/mol. The van der Waals surface area contributed by atoms with Gasteiger partial charge in [-0.3, -0.25) is 4.99 Å². The molecule has 0 fully saturated rings. The van der Waals surface area contributed by atoms with Gasteiger partial charge in [0.15, 0.2) is 5.88 Å². The summed E-state index contributed by atoms with van der Waals surface area (Å²) in [4.78, 5) is 3.96. The fraction of sp³-hybridized carbons (Fsp3) is 0.700. The summed E-state index contributed by atoms with van der Waals surface area (Å²) in [7, 11) is 1.73. The van der Waals surface area contributed by atoms with E-state index in [4.69, 9.17) is 10.5 Å². The molecular weight excluding hydrogens is 164 g/mol. The number of ether oxygens (including phenoxy) is 1. The summed E-state index contributed by atoms with van der Waals surface area (Å²) in [5.41, 5.74) is 6.52. The summed E-state index contributed by atoms with van der Waals surface area (Å²) in [6.45, 7) is 8.08. The summed E-state index contributed by atoms with van der Waals surface area (Å²) in [6, 6.07) is 0. The molecule has 2 N–H and O–H groups in total. The maximum atomic E-state index is 5.65. The molecule has 0 bridgehead atoms. The van der Waals surface area contributed by atoms with E-state index >= 15 is 0 Å². The molecule has 3 heteroatoms. The highest BCUT2D eigenvalue weighted by Gasteiger charge is 2.08. The lowest BCUT2D eigenvalue weighted by molar-refractivity contribution is 0.0910. The smallest absolute Gasteiger partial charge is 0.186 e. The molecule has 0 heterocycles. The first kappa shape index (κ1) is 12.0. The van der Waals surface area contributed by atoms with Crippen LogP contribution in [0.2, 0.25) is 0 Å². The van der Waals surface area contributed by atoms with Crippen molar-refractivity contribution in [2.24, 2.45) is 16.6 Å².